The van der Waals surface area contributed by atoms with E-state index >= 15 is 0 Å². The van der Waals surface area contributed by atoms with Crippen molar-refractivity contribution < 1.29 is 9.90 Å². The summed E-state index contributed by atoms with van der Waals surface area (Å²) in [5, 5.41) is 8.82. The maximum absolute atomic E-state index is 10.7. The molecule has 0 fully saturated rings. The van der Waals surface area contributed by atoms with Crippen LogP contribution in [0.15, 0.2) is 0 Å². The maximum atomic E-state index is 10.7. The van der Waals surface area contributed by atoms with Crippen LogP contribution in [-0.2, 0) is 4.79 Å². The van der Waals surface area contributed by atoms with Crippen LogP contribution >= 0.6 is 11.8 Å². The number of carbonyl (C=O) groups is 1. The minimum Gasteiger partial charge on any atom is -0.481 e. The van der Waals surface area contributed by atoms with Gasteiger partial charge in [0.05, 0.1) is 6.42 Å². The van der Waals surface area contributed by atoms with Crippen LogP contribution < -0.4 is 0 Å². The lowest BCUT2D eigenvalue weighted by molar-refractivity contribution is -0.137. The molecule has 0 aromatic heterocycles. The van der Waals surface area contributed by atoms with Gasteiger partial charge in [-0.05, 0) is 19.1 Å². The zero-order valence-electron chi connectivity index (χ0n) is 9.51. The van der Waals surface area contributed by atoms with Gasteiger partial charge in [0.2, 0.25) is 0 Å². The van der Waals surface area contributed by atoms with E-state index in [0.29, 0.717) is 0 Å². The summed E-state index contributed by atoms with van der Waals surface area (Å²) < 4.78 is -0.0598. The quantitative estimate of drug-likeness (QED) is 0.633. The second-order valence-corrected chi connectivity index (χ2v) is 5.76. The molecule has 1 N–H and O–H groups in total. The summed E-state index contributed by atoms with van der Waals surface area (Å²) in [5.41, 5.74) is 0. The molecule has 84 valence electrons. The van der Waals surface area contributed by atoms with Crippen LogP contribution in [0, 0.1) is 0 Å². The standard InChI is InChI=1S/C11H22O2S/c1-4-6-7-8-11(3,14-5-2)9-10(12)13/h4-9H2,1-3H3,(H,12,13). The molecule has 0 spiro atoms. The van der Waals surface area contributed by atoms with Crippen molar-refractivity contribution in [2.24, 2.45) is 0 Å². The van der Waals surface area contributed by atoms with Gasteiger partial charge >= 0.3 is 5.97 Å². The van der Waals surface area contributed by atoms with E-state index in [1.54, 1.807) is 11.8 Å². The predicted octanol–water partition coefficient (Wildman–Crippen LogP) is 3.55. The van der Waals surface area contributed by atoms with Gasteiger partial charge in [-0.15, -0.1) is 0 Å². The van der Waals surface area contributed by atoms with Crippen molar-refractivity contribution in [3.05, 3.63) is 0 Å². The molecule has 0 aromatic carbocycles. The minimum atomic E-state index is -0.676. The van der Waals surface area contributed by atoms with E-state index in [0.717, 1.165) is 18.6 Å². The highest BCUT2D eigenvalue weighted by Gasteiger charge is 2.26. The van der Waals surface area contributed by atoms with Crippen LogP contribution in [0.2, 0.25) is 0 Å². The number of hydrogen-bond acceptors (Lipinski definition) is 2. The number of aliphatic carboxylic acids is 1. The van der Waals surface area contributed by atoms with Gasteiger partial charge in [-0.25, -0.2) is 0 Å². The SMILES string of the molecule is CCCCCC(C)(CC(=O)O)SCC. The minimum absolute atomic E-state index is 0.0598. The lowest BCUT2D eigenvalue weighted by atomic mass is 9.99. The number of carboxylic acids is 1. The van der Waals surface area contributed by atoms with Gasteiger partial charge < -0.3 is 5.11 Å². The molecule has 0 saturated carbocycles. The summed E-state index contributed by atoms with van der Waals surface area (Å²) in [7, 11) is 0. The normalized spacial score (nSPS) is 15.1. The molecule has 0 saturated heterocycles. The van der Waals surface area contributed by atoms with Gasteiger partial charge in [0.15, 0.2) is 0 Å². The maximum Gasteiger partial charge on any atom is 0.304 e. The fourth-order valence-electron chi connectivity index (χ4n) is 1.63. The Morgan fingerprint density at radius 2 is 2.00 bits per heavy atom. The Bertz CT molecular complexity index is 171. The van der Waals surface area contributed by atoms with E-state index in [4.69, 9.17) is 5.11 Å². The molecule has 0 aliphatic heterocycles. The Morgan fingerprint density at radius 1 is 1.36 bits per heavy atom. The lowest BCUT2D eigenvalue weighted by Gasteiger charge is -2.26. The van der Waals surface area contributed by atoms with Crippen molar-refractivity contribution in [2.75, 3.05) is 5.75 Å². The van der Waals surface area contributed by atoms with Gasteiger partial charge in [0.1, 0.15) is 0 Å². The van der Waals surface area contributed by atoms with Crippen LogP contribution in [0.3, 0.4) is 0 Å². The van der Waals surface area contributed by atoms with Crippen molar-refractivity contribution >= 4 is 17.7 Å². The molecule has 1 unspecified atom stereocenters. The topological polar surface area (TPSA) is 37.3 Å². The average molecular weight is 218 g/mol. The molecule has 0 radical (unpaired) electrons. The zero-order valence-corrected chi connectivity index (χ0v) is 10.3. The molecule has 14 heavy (non-hydrogen) atoms. The van der Waals surface area contributed by atoms with Gasteiger partial charge in [0.25, 0.3) is 0 Å². The first-order valence-corrected chi connectivity index (χ1v) is 6.38. The molecule has 0 aliphatic rings. The molecule has 1 atom stereocenters. The molecule has 0 aromatic rings. The smallest absolute Gasteiger partial charge is 0.304 e. The average Bonchev–Trinajstić information content (AvgIpc) is 2.03. The summed E-state index contributed by atoms with van der Waals surface area (Å²) >= 11 is 1.78. The number of thioether (sulfide) groups is 1. The van der Waals surface area contributed by atoms with Gasteiger partial charge in [-0.1, -0.05) is 33.1 Å². The van der Waals surface area contributed by atoms with E-state index in [1.807, 2.05) is 0 Å². The highest BCUT2D eigenvalue weighted by atomic mass is 32.2. The molecule has 0 heterocycles. The van der Waals surface area contributed by atoms with E-state index in [2.05, 4.69) is 20.8 Å². The Morgan fingerprint density at radius 3 is 2.43 bits per heavy atom. The van der Waals surface area contributed by atoms with E-state index in [-0.39, 0.29) is 11.2 Å². The fraction of sp³-hybridized carbons (Fsp3) is 0.909. The third-order valence-corrected chi connectivity index (χ3v) is 3.66. The molecule has 3 heteroatoms. The zero-order chi connectivity index (χ0) is 11.0. The summed E-state index contributed by atoms with van der Waals surface area (Å²) in [6.45, 7) is 6.33. The number of rotatable bonds is 8. The molecule has 0 amide bonds. The Labute approximate surface area is 91.5 Å². The number of hydrogen-bond donors (Lipinski definition) is 1. The summed E-state index contributed by atoms with van der Waals surface area (Å²) in [6.07, 6.45) is 4.85. The van der Waals surface area contributed by atoms with Crippen molar-refractivity contribution in [1.82, 2.24) is 0 Å². The largest absolute Gasteiger partial charge is 0.481 e. The molecule has 0 bridgehead atoms. The highest BCUT2D eigenvalue weighted by molar-refractivity contribution is 8.00. The highest BCUT2D eigenvalue weighted by Crippen LogP contribution is 2.33. The Balaban J connectivity index is 4.02. The summed E-state index contributed by atoms with van der Waals surface area (Å²) in [6, 6.07) is 0. The first kappa shape index (κ1) is 13.8. The van der Waals surface area contributed by atoms with E-state index in [1.165, 1.54) is 12.8 Å². The third kappa shape index (κ3) is 6.30. The Hall–Kier alpha value is -0.180. The molecule has 0 aliphatic carbocycles. The van der Waals surface area contributed by atoms with Crippen molar-refractivity contribution in [3.63, 3.8) is 0 Å². The summed E-state index contributed by atoms with van der Waals surface area (Å²) in [4.78, 5) is 10.7. The van der Waals surface area contributed by atoms with Gasteiger partial charge in [-0.3, -0.25) is 4.79 Å². The number of unbranched alkanes of at least 4 members (excludes halogenated alkanes) is 2. The number of carboxylic acid groups (broad SMARTS) is 1. The molecule has 2 nitrogen and oxygen atoms in total. The monoisotopic (exact) mass is 218 g/mol. The third-order valence-electron chi connectivity index (χ3n) is 2.33. The second-order valence-electron chi connectivity index (χ2n) is 3.91. The van der Waals surface area contributed by atoms with E-state index in [9.17, 15) is 4.79 Å². The van der Waals surface area contributed by atoms with Crippen LogP contribution in [0.25, 0.3) is 0 Å². The molecular formula is C11H22O2S. The van der Waals surface area contributed by atoms with Gasteiger partial charge in [-0.2, -0.15) is 11.8 Å². The van der Waals surface area contributed by atoms with Crippen LogP contribution in [0.4, 0.5) is 0 Å². The second kappa shape index (κ2) is 7.16. The predicted molar refractivity (Wildman–Crippen MR) is 62.9 cm³/mol. The molecule has 0 rings (SSSR count). The fourth-order valence-corrected chi connectivity index (χ4v) is 2.84. The van der Waals surface area contributed by atoms with E-state index < -0.39 is 5.97 Å². The first-order valence-electron chi connectivity index (χ1n) is 5.40. The van der Waals surface area contributed by atoms with Crippen molar-refractivity contribution in [2.45, 2.75) is 57.6 Å². The van der Waals surface area contributed by atoms with Crippen molar-refractivity contribution in [1.29, 1.82) is 0 Å². The first-order chi connectivity index (χ1) is 6.54. The lowest BCUT2D eigenvalue weighted by Crippen LogP contribution is -2.24. The van der Waals surface area contributed by atoms with Crippen LogP contribution in [-0.4, -0.2) is 21.6 Å². The van der Waals surface area contributed by atoms with Gasteiger partial charge in [0, 0.05) is 4.75 Å². The summed E-state index contributed by atoms with van der Waals surface area (Å²) in [5.74, 6) is 0.320. The van der Waals surface area contributed by atoms with Crippen molar-refractivity contribution in [3.8, 4) is 0 Å². The molecular weight excluding hydrogens is 196 g/mol. The Kier molecular flexibility index (Phi) is 7.06. The van der Waals surface area contributed by atoms with Crippen LogP contribution in [0.1, 0.15) is 52.9 Å². The van der Waals surface area contributed by atoms with Crippen LogP contribution in [0.5, 0.6) is 0 Å².